The molecule has 3 atom stereocenters. The Kier molecular flexibility index (Phi) is 9.25. The summed E-state index contributed by atoms with van der Waals surface area (Å²) >= 11 is 0. The fourth-order valence-corrected chi connectivity index (χ4v) is 2.79. The van der Waals surface area contributed by atoms with Crippen LogP contribution in [0.25, 0.3) is 0 Å². The number of amides is 3. The number of carbonyl (C=O) groups is 4. The maximum atomic E-state index is 12.5. The molecular weight excluding hydrogens is 350 g/mol. The van der Waals surface area contributed by atoms with Crippen LogP contribution in [-0.4, -0.2) is 48.4 Å². The number of carbonyl (C=O) groups excluding carboxylic acids is 4. The Morgan fingerprint density at radius 2 is 1.56 bits per heavy atom. The van der Waals surface area contributed by atoms with Crippen LogP contribution in [0.4, 0.5) is 0 Å². The summed E-state index contributed by atoms with van der Waals surface area (Å²) < 4.78 is 5.31. The lowest BCUT2D eigenvalue weighted by molar-refractivity contribution is -0.157. The lowest BCUT2D eigenvalue weighted by Gasteiger charge is -2.25. The van der Waals surface area contributed by atoms with Crippen LogP contribution in [0.5, 0.6) is 0 Å². The van der Waals surface area contributed by atoms with E-state index in [2.05, 4.69) is 16.0 Å². The molecule has 154 valence electrons. The minimum Gasteiger partial charge on any atom is -0.452 e. The molecule has 0 saturated carbocycles. The molecule has 1 rings (SSSR count). The van der Waals surface area contributed by atoms with Gasteiger partial charge in [0.15, 0.2) is 6.10 Å². The predicted molar refractivity (Wildman–Crippen MR) is 101 cm³/mol. The van der Waals surface area contributed by atoms with Crippen molar-refractivity contribution in [2.24, 2.45) is 11.8 Å². The maximum Gasteiger partial charge on any atom is 0.306 e. The molecule has 8 nitrogen and oxygen atoms in total. The molecule has 1 saturated heterocycles. The maximum absolute atomic E-state index is 12.5. The summed E-state index contributed by atoms with van der Waals surface area (Å²) in [4.78, 5) is 49.3. The third kappa shape index (κ3) is 8.41. The summed E-state index contributed by atoms with van der Waals surface area (Å²) in [7, 11) is 0. The van der Waals surface area contributed by atoms with Crippen molar-refractivity contribution in [1.82, 2.24) is 16.0 Å². The van der Waals surface area contributed by atoms with Crippen molar-refractivity contribution in [3.05, 3.63) is 0 Å². The predicted octanol–water partition coefficient (Wildman–Crippen LogP) is 0.890. The van der Waals surface area contributed by atoms with Gasteiger partial charge in [-0.1, -0.05) is 27.7 Å². The number of nitrogens with one attached hydrogen (secondary N) is 3. The van der Waals surface area contributed by atoms with Crippen molar-refractivity contribution < 1.29 is 23.9 Å². The van der Waals surface area contributed by atoms with Gasteiger partial charge in [-0.2, -0.15) is 0 Å². The van der Waals surface area contributed by atoms with Gasteiger partial charge >= 0.3 is 5.97 Å². The molecule has 0 bridgehead atoms. The third-order valence-corrected chi connectivity index (χ3v) is 4.20. The normalized spacial score (nSPS) is 26.1. The fourth-order valence-electron chi connectivity index (χ4n) is 2.79. The summed E-state index contributed by atoms with van der Waals surface area (Å²) in [6.07, 6.45) is 0.435. The minimum absolute atomic E-state index is 0.110. The third-order valence-electron chi connectivity index (χ3n) is 4.20. The van der Waals surface area contributed by atoms with Gasteiger partial charge in [0, 0.05) is 13.0 Å². The molecule has 0 spiro atoms. The average molecular weight is 383 g/mol. The summed E-state index contributed by atoms with van der Waals surface area (Å²) in [6, 6.07) is -1.53. The second kappa shape index (κ2) is 10.9. The van der Waals surface area contributed by atoms with Gasteiger partial charge in [0.1, 0.15) is 12.1 Å². The zero-order valence-electron chi connectivity index (χ0n) is 17.0. The van der Waals surface area contributed by atoms with Crippen molar-refractivity contribution in [3.8, 4) is 0 Å². The largest absolute Gasteiger partial charge is 0.452 e. The molecule has 3 amide bonds. The summed E-state index contributed by atoms with van der Waals surface area (Å²) in [5, 5.41) is 8.05. The second-order valence-corrected chi connectivity index (χ2v) is 7.92. The van der Waals surface area contributed by atoms with Gasteiger partial charge in [0.2, 0.25) is 11.8 Å². The first-order chi connectivity index (χ1) is 12.6. The summed E-state index contributed by atoms with van der Waals surface area (Å²) in [5.41, 5.74) is 0. The van der Waals surface area contributed by atoms with Crippen LogP contribution < -0.4 is 16.0 Å². The number of hydrogen-bond donors (Lipinski definition) is 3. The van der Waals surface area contributed by atoms with E-state index in [1.807, 2.05) is 27.7 Å². The van der Waals surface area contributed by atoms with Gasteiger partial charge in [-0.15, -0.1) is 0 Å². The van der Waals surface area contributed by atoms with Gasteiger partial charge in [-0.25, -0.2) is 0 Å². The molecule has 0 aromatic heterocycles. The SMILES string of the molecule is CC(C)C[C@@H]1NC(=O)[C@H](C)NC(=O)[C@H](CC(C)C)OC(=O)CCCNC1=O. The van der Waals surface area contributed by atoms with Gasteiger partial charge in [0.25, 0.3) is 5.91 Å². The molecule has 0 aromatic carbocycles. The number of esters is 1. The first kappa shape index (κ1) is 22.9. The Balaban J connectivity index is 2.96. The zero-order valence-corrected chi connectivity index (χ0v) is 17.0. The van der Waals surface area contributed by atoms with E-state index in [1.54, 1.807) is 0 Å². The quantitative estimate of drug-likeness (QED) is 0.624. The highest BCUT2D eigenvalue weighted by molar-refractivity contribution is 5.93. The molecule has 1 aliphatic rings. The van der Waals surface area contributed by atoms with E-state index in [-0.39, 0.29) is 24.2 Å². The van der Waals surface area contributed by atoms with E-state index >= 15 is 0 Å². The standard InChI is InChI=1S/C19H33N3O5/c1-11(2)9-14-18(25)20-8-6-7-16(23)27-15(10-12(3)4)19(26)21-13(5)17(24)22-14/h11-15H,6-10H2,1-5H3,(H,20,25)(H,21,26)(H,22,24)/t13-,14-,15-/m0/s1. The average Bonchev–Trinajstić information content (AvgIpc) is 2.55. The minimum atomic E-state index is -0.934. The monoisotopic (exact) mass is 383 g/mol. The van der Waals surface area contributed by atoms with Crippen molar-refractivity contribution in [2.75, 3.05) is 6.54 Å². The van der Waals surface area contributed by atoms with E-state index in [4.69, 9.17) is 4.74 Å². The van der Waals surface area contributed by atoms with Crippen LogP contribution in [0.2, 0.25) is 0 Å². The molecule has 0 radical (unpaired) electrons. The van der Waals surface area contributed by atoms with Crippen LogP contribution >= 0.6 is 0 Å². The van der Waals surface area contributed by atoms with E-state index in [9.17, 15) is 19.2 Å². The van der Waals surface area contributed by atoms with Gasteiger partial charge in [0.05, 0.1) is 0 Å². The Labute approximate surface area is 161 Å². The molecule has 0 unspecified atom stereocenters. The first-order valence-corrected chi connectivity index (χ1v) is 9.68. The molecule has 0 aromatic rings. The Hall–Kier alpha value is -2.12. The number of rotatable bonds is 4. The van der Waals surface area contributed by atoms with E-state index < -0.39 is 36.0 Å². The summed E-state index contributed by atoms with van der Waals surface area (Å²) in [5.74, 6) is -1.38. The zero-order chi connectivity index (χ0) is 20.6. The van der Waals surface area contributed by atoms with Crippen molar-refractivity contribution >= 4 is 23.7 Å². The molecule has 1 heterocycles. The Bertz CT molecular complexity index is 547. The van der Waals surface area contributed by atoms with Gasteiger partial charge in [-0.05, 0) is 38.0 Å². The lowest BCUT2D eigenvalue weighted by atomic mass is 10.0. The van der Waals surface area contributed by atoms with Gasteiger partial charge in [-0.3, -0.25) is 19.2 Å². The molecule has 1 aliphatic heterocycles. The number of hydrogen-bond acceptors (Lipinski definition) is 5. The van der Waals surface area contributed by atoms with E-state index in [0.29, 0.717) is 25.8 Å². The number of cyclic esters (lactones) is 1. The van der Waals surface area contributed by atoms with Crippen molar-refractivity contribution in [3.63, 3.8) is 0 Å². The fraction of sp³-hybridized carbons (Fsp3) is 0.789. The van der Waals surface area contributed by atoms with Crippen LogP contribution in [-0.2, 0) is 23.9 Å². The van der Waals surface area contributed by atoms with E-state index in [0.717, 1.165) is 0 Å². The Morgan fingerprint density at radius 3 is 2.15 bits per heavy atom. The lowest BCUT2D eigenvalue weighted by Crippen LogP contribution is -2.54. The molecule has 0 aliphatic carbocycles. The molecule has 8 heteroatoms. The summed E-state index contributed by atoms with van der Waals surface area (Å²) in [6.45, 7) is 9.61. The van der Waals surface area contributed by atoms with Crippen LogP contribution in [0.15, 0.2) is 0 Å². The molecule has 3 N–H and O–H groups in total. The highest BCUT2D eigenvalue weighted by atomic mass is 16.5. The van der Waals surface area contributed by atoms with Crippen molar-refractivity contribution in [2.45, 2.75) is 78.5 Å². The Morgan fingerprint density at radius 1 is 0.926 bits per heavy atom. The first-order valence-electron chi connectivity index (χ1n) is 9.68. The van der Waals surface area contributed by atoms with Crippen molar-refractivity contribution in [1.29, 1.82) is 0 Å². The van der Waals surface area contributed by atoms with E-state index in [1.165, 1.54) is 6.92 Å². The van der Waals surface area contributed by atoms with Crippen LogP contribution in [0.1, 0.15) is 60.3 Å². The highest BCUT2D eigenvalue weighted by Gasteiger charge is 2.29. The van der Waals surface area contributed by atoms with Gasteiger partial charge < -0.3 is 20.7 Å². The molecular formula is C19H33N3O5. The highest BCUT2D eigenvalue weighted by Crippen LogP contribution is 2.11. The molecule has 27 heavy (non-hydrogen) atoms. The number of ether oxygens (including phenoxy) is 1. The smallest absolute Gasteiger partial charge is 0.306 e. The topological polar surface area (TPSA) is 114 Å². The second-order valence-electron chi connectivity index (χ2n) is 7.92. The van der Waals surface area contributed by atoms with Crippen LogP contribution in [0, 0.1) is 11.8 Å². The molecule has 1 fully saturated rings. The van der Waals surface area contributed by atoms with Crippen LogP contribution in [0.3, 0.4) is 0 Å².